The number of carbonyl (C=O) groups is 4. The predicted octanol–water partition coefficient (Wildman–Crippen LogP) is 7.62. The lowest BCUT2D eigenvalue weighted by Gasteiger charge is -2.29. The number of carbonyl (C=O) groups excluding carboxylic acids is 4. The lowest BCUT2D eigenvalue weighted by atomic mass is 9.99. The molecule has 4 heterocycles. The number of nitrogens with zero attached hydrogens (tertiary/aromatic N) is 4. The molecule has 14 nitrogen and oxygen atoms in total. The van der Waals surface area contributed by atoms with Gasteiger partial charge in [-0.2, -0.15) is 0 Å². The van der Waals surface area contributed by atoms with Gasteiger partial charge in [0, 0.05) is 37.4 Å². The molecule has 1 saturated carbocycles. The van der Waals surface area contributed by atoms with E-state index in [9.17, 15) is 19.2 Å². The van der Waals surface area contributed by atoms with Gasteiger partial charge in [-0.1, -0.05) is 86.6 Å². The number of rotatable bonds is 13. The minimum absolute atomic E-state index is 0.0279. The zero-order valence-electron chi connectivity index (χ0n) is 36.1. The van der Waals surface area contributed by atoms with Crippen LogP contribution in [0.5, 0.6) is 0 Å². The van der Waals surface area contributed by atoms with E-state index in [-0.39, 0.29) is 47.6 Å². The molecule has 2 aliphatic heterocycles. The Morgan fingerprint density at radius 1 is 0.810 bits per heavy atom. The maximum absolute atomic E-state index is 14.4. The van der Waals surface area contributed by atoms with E-state index < -0.39 is 18.2 Å². The molecule has 3 aliphatic rings. The number of alkyl carbamates (subject to hydrolysis) is 1. The Labute approximate surface area is 366 Å². The Balaban J connectivity index is 0.924. The first-order valence-electron chi connectivity index (χ1n) is 22.0. The highest BCUT2D eigenvalue weighted by Gasteiger charge is 2.42. The van der Waals surface area contributed by atoms with E-state index >= 15 is 0 Å². The fourth-order valence-corrected chi connectivity index (χ4v) is 9.33. The number of fused-ring (bicyclic) bond motifs is 3. The van der Waals surface area contributed by atoms with Crippen molar-refractivity contribution in [2.75, 3.05) is 33.9 Å². The van der Waals surface area contributed by atoms with Crippen molar-refractivity contribution in [2.45, 2.75) is 70.1 Å². The van der Waals surface area contributed by atoms with E-state index in [0.29, 0.717) is 31.9 Å². The van der Waals surface area contributed by atoms with Crippen LogP contribution in [0.3, 0.4) is 0 Å². The molecule has 0 unspecified atom stereocenters. The molecule has 2 aromatic heterocycles. The molecule has 1 aliphatic carbocycles. The van der Waals surface area contributed by atoms with Crippen LogP contribution in [-0.4, -0.2) is 93.5 Å². The minimum atomic E-state index is -0.787. The van der Waals surface area contributed by atoms with E-state index in [2.05, 4.69) is 69.1 Å². The van der Waals surface area contributed by atoms with E-state index in [0.717, 1.165) is 81.3 Å². The van der Waals surface area contributed by atoms with Crippen LogP contribution in [0.4, 0.5) is 4.79 Å². The van der Waals surface area contributed by atoms with Gasteiger partial charge in [0.25, 0.3) is 0 Å². The number of amides is 4. The number of benzene rings is 4. The molecule has 4 N–H and O–H groups in total. The third-order valence-electron chi connectivity index (χ3n) is 12.9. The number of hydrogen-bond donors (Lipinski definition) is 4. The molecule has 4 aromatic carbocycles. The summed E-state index contributed by atoms with van der Waals surface area (Å²) in [5.41, 5.74) is 6.43. The van der Waals surface area contributed by atoms with Crippen LogP contribution < -0.4 is 10.6 Å². The molecule has 63 heavy (non-hydrogen) atoms. The monoisotopic (exact) mass is 850 g/mol. The van der Waals surface area contributed by atoms with Crippen LogP contribution in [0.25, 0.3) is 44.2 Å². The van der Waals surface area contributed by atoms with Crippen LogP contribution in [0, 0.1) is 17.8 Å². The van der Waals surface area contributed by atoms with Gasteiger partial charge in [-0.25, -0.2) is 14.8 Å². The molecule has 14 heteroatoms. The summed E-state index contributed by atoms with van der Waals surface area (Å²) in [5, 5.41) is 7.84. The molecular formula is C49H54N8O6. The summed E-state index contributed by atoms with van der Waals surface area (Å²) < 4.78 is 10.3. The summed E-state index contributed by atoms with van der Waals surface area (Å²) in [5.74, 6) is 1.05. The normalized spacial score (nSPS) is 19.7. The average molecular weight is 851 g/mol. The smallest absolute Gasteiger partial charge is 0.407 e. The fourth-order valence-electron chi connectivity index (χ4n) is 9.33. The zero-order valence-corrected chi connectivity index (χ0v) is 36.1. The van der Waals surface area contributed by atoms with Gasteiger partial charge in [-0.3, -0.25) is 14.4 Å². The first-order chi connectivity index (χ1) is 30.6. The summed E-state index contributed by atoms with van der Waals surface area (Å²) in [6, 6.07) is 26.3. The summed E-state index contributed by atoms with van der Waals surface area (Å²) in [7, 11) is 2.97. The lowest BCUT2D eigenvalue weighted by Crippen LogP contribution is -2.51. The number of imidazole rings is 2. The lowest BCUT2D eigenvalue weighted by molar-refractivity contribution is -0.138. The van der Waals surface area contributed by atoms with Gasteiger partial charge in [0.1, 0.15) is 23.7 Å². The first-order valence-corrected chi connectivity index (χ1v) is 22.0. The third kappa shape index (κ3) is 8.51. The Kier molecular flexibility index (Phi) is 11.7. The largest absolute Gasteiger partial charge is 0.453 e. The highest BCUT2D eigenvalue weighted by Crippen LogP contribution is 2.39. The topological polar surface area (TPSA) is 175 Å². The van der Waals surface area contributed by atoms with Crippen LogP contribution in [0.15, 0.2) is 91.1 Å². The number of likely N-dealkylation sites (tertiary alicyclic amines) is 2. The molecule has 6 aromatic rings. The number of aromatic amines is 2. The highest BCUT2D eigenvalue weighted by molar-refractivity contribution is 6.05. The fraction of sp³-hybridized carbons (Fsp3) is 0.388. The second kappa shape index (κ2) is 17.7. The first kappa shape index (κ1) is 41.8. The summed E-state index contributed by atoms with van der Waals surface area (Å²) in [6.45, 7) is 5.42. The molecular weight excluding hydrogens is 797 g/mol. The van der Waals surface area contributed by atoms with Crippen LogP contribution in [0.2, 0.25) is 0 Å². The Bertz CT molecular complexity index is 2640. The number of aromatic nitrogens is 4. The number of methoxy groups -OCH3 is 2. The Morgan fingerprint density at radius 2 is 1.57 bits per heavy atom. The van der Waals surface area contributed by atoms with Crippen molar-refractivity contribution < 1.29 is 28.7 Å². The van der Waals surface area contributed by atoms with Crippen molar-refractivity contribution in [3.8, 4) is 22.4 Å². The van der Waals surface area contributed by atoms with Gasteiger partial charge < -0.3 is 39.9 Å². The standard InChI is InChI=1S/C49H54N8O6/c1-28(2)41(55-49(61)63-4)47(59)56-22-8-11-39(56)45-51-37-21-19-35-24-34(18-20-36(35)43(37)53-45)30-12-14-31(15-13-30)38-25-50-44(52-38)40-23-29(27-62-3)26-57(40)48(60)42(32-9-6-5-7-10-32)54-46(58)33-16-17-33/h5-7,9-10,12-15,18-21,24-25,28-29,33,39-42H,8,11,16-17,22-23,26-27H2,1-4H3,(H,50,52)(H,51,53)(H,54,58)(H,55,61)/t29-,39-,40-,41-,42+/m0/s1. The summed E-state index contributed by atoms with van der Waals surface area (Å²) >= 11 is 0. The SMILES string of the molecule is COC[C@H]1C[C@@H](c2ncc(-c3ccc(-c4ccc5c(ccc6[nH]c([C@@H]7CCCN7C(=O)[C@@H](NC(=O)OC)C(C)C)nc65)c4)cc3)[nH]2)N(C(=O)[C@H](NC(=O)C2CC2)c2ccccc2)C1. The number of nitrogens with one attached hydrogen (secondary N) is 4. The van der Waals surface area contributed by atoms with Crippen LogP contribution in [0.1, 0.15) is 81.3 Å². The second-order valence-corrected chi connectivity index (χ2v) is 17.5. The van der Waals surface area contributed by atoms with Gasteiger partial charge >= 0.3 is 6.09 Å². The zero-order chi connectivity index (χ0) is 43.8. The molecule has 5 atom stereocenters. The van der Waals surface area contributed by atoms with Crippen molar-refractivity contribution in [2.24, 2.45) is 17.8 Å². The van der Waals surface area contributed by atoms with E-state index in [1.807, 2.05) is 66.2 Å². The maximum atomic E-state index is 14.4. The van der Waals surface area contributed by atoms with E-state index in [1.54, 1.807) is 7.11 Å². The number of hydrogen-bond acceptors (Lipinski definition) is 8. The van der Waals surface area contributed by atoms with Gasteiger partial charge in [-0.15, -0.1) is 0 Å². The van der Waals surface area contributed by atoms with Crippen molar-refractivity contribution in [1.29, 1.82) is 0 Å². The molecule has 2 saturated heterocycles. The molecule has 0 bridgehead atoms. The number of H-pyrrole nitrogens is 2. The van der Waals surface area contributed by atoms with Crippen molar-refractivity contribution >= 4 is 45.6 Å². The van der Waals surface area contributed by atoms with Gasteiger partial charge in [0.15, 0.2) is 0 Å². The second-order valence-electron chi connectivity index (χ2n) is 17.5. The molecule has 4 amide bonds. The molecule has 0 spiro atoms. The van der Waals surface area contributed by atoms with Gasteiger partial charge in [-0.05, 0) is 77.8 Å². The molecule has 326 valence electrons. The predicted molar refractivity (Wildman–Crippen MR) is 239 cm³/mol. The summed E-state index contributed by atoms with van der Waals surface area (Å²) in [4.78, 5) is 73.8. The van der Waals surface area contributed by atoms with E-state index in [1.165, 1.54) is 7.11 Å². The average Bonchev–Trinajstić information content (AvgIpc) is 3.66. The quantitative estimate of drug-likeness (QED) is 0.0918. The van der Waals surface area contributed by atoms with E-state index in [4.69, 9.17) is 19.4 Å². The van der Waals surface area contributed by atoms with Crippen LogP contribution in [-0.2, 0) is 23.9 Å². The Hall–Kier alpha value is -6.54. The maximum Gasteiger partial charge on any atom is 0.407 e. The van der Waals surface area contributed by atoms with Crippen molar-refractivity contribution in [3.63, 3.8) is 0 Å². The highest BCUT2D eigenvalue weighted by atomic mass is 16.5. The van der Waals surface area contributed by atoms with Crippen molar-refractivity contribution in [1.82, 2.24) is 40.4 Å². The molecule has 0 radical (unpaired) electrons. The van der Waals surface area contributed by atoms with Crippen LogP contribution >= 0.6 is 0 Å². The minimum Gasteiger partial charge on any atom is -0.453 e. The Morgan fingerprint density at radius 3 is 2.30 bits per heavy atom. The third-order valence-corrected chi connectivity index (χ3v) is 12.9. The molecule has 9 rings (SSSR count). The van der Waals surface area contributed by atoms with Gasteiger partial charge in [0.05, 0.1) is 48.7 Å². The van der Waals surface area contributed by atoms with Crippen molar-refractivity contribution in [3.05, 3.63) is 108 Å². The summed E-state index contributed by atoms with van der Waals surface area (Å²) in [6.07, 6.45) is 5.20. The number of ether oxygens (including phenoxy) is 2. The van der Waals surface area contributed by atoms with Gasteiger partial charge in [0.2, 0.25) is 17.7 Å². The molecule has 3 fully saturated rings.